The minimum Gasteiger partial charge on any atom is -0.310 e. The third kappa shape index (κ3) is 4.02. The molecule has 0 aromatic heterocycles. The van der Waals surface area contributed by atoms with Gasteiger partial charge in [0.1, 0.15) is 11.6 Å². The number of benzene rings is 2. The Bertz CT molecular complexity index is 608. The molecule has 1 atom stereocenters. The van der Waals surface area contributed by atoms with Crippen molar-refractivity contribution in [1.82, 2.24) is 5.32 Å². The van der Waals surface area contributed by atoms with Crippen LogP contribution in [-0.4, -0.2) is 6.54 Å². The fraction of sp³-hybridized carbons (Fsp3) is 0.294. The highest BCUT2D eigenvalue weighted by Crippen LogP contribution is 2.29. The first-order valence-electron chi connectivity index (χ1n) is 7.00. The summed E-state index contributed by atoms with van der Waals surface area (Å²) in [6.45, 7) is 5.05. The first-order valence-corrected chi connectivity index (χ1v) is 7.38. The van der Waals surface area contributed by atoms with Crippen molar-refractivity contribution in [2.45, 2.75) is 26.3 Å². The number of rotatable bonds is 5. The molecule has 2 aromatic carbocycles. The largest absolute Gasteiger partial charge is 0.310 e. The van der Waals surface area contributed by atoms with Crippen molar-refractivity contribution in [3.05, 3.63) is 58.6 Å². The van der Waals surface area contributed by atoms with Gasteiger partial charge in [0, 0.05) is 17.1 Å². The summed E-state index contributed by atoms with van der Waals surface area (Å²) in [6, 6.07) is 9.06. The second-order valence-electron chi connectivity index (χ2n) is 5.07. The lowest BCUT2D eigenvalue weighted by atomic mass is 10.0. The molecule has 0 fully saturated rings. The highest BCUT2D eigenvalue weighted by molar-refractivity contribution is 6.31. The zero-order valence-corrected chi connectivity index (χ0v) is 12.8. The molecule has 0 amide bonds. The maximum atomic E-state index is 13.3. The maximum Gasteiger partial charge on any atom is 0.126 e. The van der Waals surface area contributed by atoms with E-state index in [1.165, 1.54) is 12.1 Å². The molecule has 4 heteroatoms. The topological polar surface area (TPSA) is 12.0 Å². The van der Waals surface area contributed by atoms with E-state index in [1.54, 1.807) is 6.07 Å². The lowest BCUT2D eigenvalue weighted by molar-refractivity contribution is 0.571. The van der Waals surface area contributed by atoms with Crippen LogP contribution < -0.4 is 5.32 Å². The summed E-state index contributed by atoms with van der Waals surface area (Å²) < 4.78 is 26.6. The average Bonchev–Trinajstić information content (AvgIpc) is 2.43. The standard InChI is InChI=1S/C17H18ClF2N/c1-3-6-21-11(2)16-5-4-12(9-17(16)18)13-7-14(19)10-15(20)8-13/h4-5,7-11,21H,3,6H2,1-2H3. The summed E-state index contributed by atoms with van der Waals surface area (Å²) in [5.74, 6) is -1.19. The second kappa shape index (κ2) is 7.01. The monoisotopic (exact) mass is 309 g/mol. The molecule has 2 rings (SSSR count). The van der Waals surface area contributed by atoms with E-state index in [9.17, 15) is 8.78 Å². The average molecular weight is 310 g/mol. The molecule has 0 heterocycles. The van der Waals surface area contributed by atoms with Crippen LogP contribution >= 0.6 is 11.6 Å². The number of halogens is 3. The lowest BCUT2D eigenvalue weighted by Crippen LogP contribution is -2.19. The Morgan fingerprint density at radius 1 is 1.05 bits per heavy atom. The predicted octanol–water partition coefficient (Wildman–Crippen LogP) is 5.35. The smallest absolute Gasteiger partial charge is 0.126 e. The molecule has 0 spiro atoms. The van der Waals surface area contributed by atoms with Crippen molar-refractivity contribution in [2.75, 3.05) is 6.54 Å². The molecular weight excluding hydrogens is 292 g/mol. The Morgan fingerprint density at radius 3 is 2.29 bits per heavy atom. The van der Waals surface area contributed by atoms with E-state index in [1.807, 2.05) is 19.1 Å². The Balaban J connectivity index is 2.30. The van der Waals surface area contributed by atoms with E-state index in [0.717, 1.165) is 24.6 Å². The van der Waals surface area contributed by atoms with Gasteiger partial charge in [-0.15, -0.1) is 0 Å². The summed E-state index contributed by atoms with van der Waals surface area (Å²) in [4.78, 5) is 0. The van der Waals surface area contributed by atoms with Gasteiger partial charge in [0.2, 0.25) is 0 Å². The minimum atomic E-state index is -0.594. The Hall–Kier alpha value is -1.45. The SMILES string of the molecule is CCCNC(C)c1ccc(-c2cc(F)cc(F)c2)cc1Cl. The van der Waals surface area contributed by atoms with Crippen LogP contribution in [0.25, 0.3) is 11.1 Å². The third-order valence-corrected chi connectivity index (χ3v) is 3.69. The van der Waals surface area contributed by atoms with Gasteiger partial charge in [0.25, 0.3) is 0 Å². The quantitative estimate of drug-likeness (QED) is 0.785. The first kappa shape index (κ1) is 15.9. The molecule has 0 saturated heterocycles. The summed E-state index contributed by atoms with van der Waals surface area (Å²) in [5.41, 5.74) is 2.16. The predicted molar refractivity (Wildman–Crippen MR) is 83.5 cm³/mol. The van der Waals surface area contributed by atoms with Crippen molar-refractivity contribution in [1.29, 1.82) is 0 Å². The minimum absolute atomic E-state index is 0.135. The molecule has 0 aliphatic carbocycles. The number of hydrogen-bond acceptors (Lipinski definition) is 1. The molecule has 0 saturated carbocycles. The fourth-order valence-corrected chi connectivity index (χ4v) is 2.59. The van der Waals surface area contributed by atoms with Crippen molar-refractivity contribution < 1.29 is 8.78 Å². The van der Waals surface area contributed by atoms with Gasteiger partial charge < -0.3 is 5.32 Å². The highest BCUT2D eigenvalue weighted by Gasteiger charge is 2.11. The Morgan fingerprint density at radius 2 is 1.71 bits per heavy atom. The van der Waals surface area contributed by atoms with Gasteiger partial charge in [-0.1, -0.05) is 30.7 Å². The van der Waals surface area contributed by atoms with Gasteiger partial charge in [-0.2, -0.15) is 0 Å². The van der Waals surface area contributed by atoms with Crippen LogP contribution in [0.4, 0.5) is 8.78 Å². The van der Waals surface area contributed by atoms with E-state index < -0.39 is 11.6 Å². The van der Waals surface area contributed by atoms with E-state index in [0.29, 0.717) is 16.1 Å². The van der Waals surface area contributed by atoms with Crippen molar-refractivity contribution in [3.8, 4) is 11.1 Å². The molecule has 1 N–H and O–H groups in total. The summed E-state index contributed by atoms with van der Waals surface area (Å²) in [5, 5.41) is 3.95. The van der Waals surface area contributed by atoms with Gasteiger partial charge in [-0.05, 0) is 54.8 Å². The van der Waals surface area contributed by atoms with Crippen LogP contribution in [0.15, 0.2) is 36.4 Å². The fourth-order valence-electron chi connectivity index (χ4n) is 2.25. The van der Waals surface area contributed by atoms with E-state index in [-0.39, 0.29) is 6.04 Å². The zero-order chi connectivity index (χ0) is 15.4. The van der Waals surface area contributed by atoms with Crippen LogP contribution in [0.2, 0.25) is 5.02 Å². The number of nitrogens with one attached hydrogen (secondary N) is 1. The van der Waals surface area contributed by atoms with Crippen LogP contribution in [0, 0.1) is 11.6 Å². The molecule has 0 bridgehead atoms. The molecule has 0 aliphatic rings. The molecule has 21 heavy (non-hydrogen) atoms. The highest BCUT2D eigenvalue weighted by atomic mass is 35.5. The third-order valence-electron chi connectivity index (χ3n) is 3.36. The molecule has 112 valence electrons. The van der Waals surface area contributed by atoms with Crippen molar-refractivity contribution >= 4 is 11.6 Å². The van der Waals surface area contributed by atoms with Gasteiger partial charge in [-0.25, -0.2) is 8.78 Å². The summed E-state index contributed by atoms with van der Waals surface area (Å²) >= 11 is 6.31. The van der Waals surface area contributed by atoms with Gasteiger partial charge in [0.15, 0.2) is 0 Å². The van der Waals surface area contributed by atoms with Crippen molar-refractivity contribution in [3.63, 3.8) is 0 Å². The summed E-state index contributed by atoms with van der Waals surface area (Å²) in [7, 11) is 0. The normalized spacial score (nSPS) is 12.4. The van der Waals surface area contributed by atoms with Crippen LogP contribution in [-0.2, 0) is 0 Å². The zero-order valence-electron chi connectivity index (χ0n) is 12.1. The number of hydrogen-bond donors (Lipinski definition) is 1. The van der Waals surface area contributed by atoms with E-state index >= 15 is 0 Å². The van der Waals surface area contributed by atoms with Gasteiger partial charge >= 0.3 is 0 Å². The first-order chi connectivity index (χ1) is 10.0. The Kier molecular flexibility index (Phi) is 5.32. The van der Waals surface area contributed by atoms with Crippen LogP contribution in [0.3, 0.4) is 0 Å². The van der Waals surface area contributed by atoms with E-state index in [2.05, 4.69) is 12.2 Å². The lowest BCUT2D eigenvalue weighted by Gasteiger charge is -2.16. The molecule has 1 unspecified atom stereocenters. The summed E-state index contributed by atoms with van der Waals surface area (Å²) in [6.07, 6.45) is 1.04. The molecule has 0 aliphatic heterocycles. The van der Waals surface area contributed by atoms with Gasteiger partial charge in [-0.3, -0.25) is 0 Å². The molecule has 1 nitrogen and oxygen atoms in total. The maximum absolute atomic E-state index is 13.3. The van der Waals surface area contributed by atoms with Gasteiger partial charge in [0.05, 0.1) is 0 Å². The molecular formula is C17H18ClF2N. The second-order valence-corrected chi connectivity index (χ2v) is 5.48. The van der Waals surface area contributed by atoms with Crippen LogP contribution in [0.5, 0.6) is 0 Å². The van der Waals surface area contributed by atoms with Crippen molar-refractivity contribution in [2.24, 2.45) is 0 Å². The Labute approximate surface area is 128 Å². The molecule has 0 radical (unpaired) electrons. The van der Waals surface area contributed by atoms with E-state index in [4.69, 9.17) is 11.6 Å². The van der Waals surface area contributed by atoms with Crippen LogP contribution in [0.1, 0.15) is 31.9 Å². The molecule has 2 aromatic rings.